The van der Waals surface area contributed by atoms with E-state index in [0.717, 1.165) is 19.3 Å². The molecule has 1 saturated heterocycles. The van der Waals surface area contributed by atoms with Gasteiger partial charge in [0.2, 0.25) is 11.8 Å². The molecule has 5 heteroatoms. The fourth-order valence-corrected chi connectivity index (χ4v) is 3.33. The summed E-state index contributed by atoms with van der Waals surface area (Å²) in [6.45, 7) is 5.85. The molecule has 1 aliphatic heterocycles. The van der Waals surface area contributed by atoms with E-state index in [4.69, 9.17) is 0 Å². The molecule has 0 radical (unpaired) electrons. The number of rotatable bonds is 3. The molecular formula is C15H24N2O3. The van der Waals surface area contributed by atoms with Gasteiger partial charge in [0, 0.05) is 5.54 Å². The van der Waals surface area contributed by atoms with Crippen molar-refractivity contribution in [3.05, 3.63) is 0 Å². The maximum absolute atomic E-state index is 12.9. The molecule has 0 bridgehead atoms. The lowest BCUT2D eigenvalue weighted by Crippen LogP contribution is -2.69. The zero-order valence-corrected chi connectivity index (χ0v) is 12.6. The van der Waals surface area contributed by atoms with Crippen LogP contribution in [0.1, 0.15) is 65.7 Å². The fourth-order valence-electron chi connectivity index (χ4n) is 3.33. The van der Waals surface area contributed by atoms with Crippen molar-refractivity contribution in [3.63, 3.8) is 0 Å². The summed E-state index contributed by atoms with van der Waals surface area (Å²) < 4.78 is 0. The van der Waals surface area contributed by atoms with Crippen LogP contribution in [0.4, 0.5) is 4.79 Å². The van der Waals surface area contributed by atoms with Crippen molar-refractivity contribution in [2.45, 2.75) is 71.3 Å². The number of urea groups is 1. The molecule has 0 atom stereocenters. The molecule has 1 spiro atoms. The number of nitrogens with zero attached hydrogens (tertiary/aromatic N) is 1. The van der Waals surface area contributed by atoms with Gasteiger partial charge in [-0.15, -0.1) is 0 Å². The van der Waals surface area contributed by atoms with Crippen molar-refractivity contribution in [3.8, 4) is 0 Å². The Balaban J connectivity index is 2.41. The van der Waals surface area contributed by atoms with Crippen LogP contribution in [0.25, 0.3) is 0 Å². The molecule has 20 heavy (non-hydrogen) atoms. The van der Waals surface area contributed by atoms with Gasteiger partial charge in [-0.05, 0) is 32.6 Å². The number of imide groups is 2. The third kappa shape index (κ3) is 2.03. The Kier molecular flexibility index (Phi) is 3.89. The molecule has 1 saturated carbocycles. The summed E-state index contributed by atoms with van der Waals surface area (Å²) in [7, 11) is 0. The van der Waals surface area contributed by atoms with Gasteiger partial charge in [-0.2, -0.15) is 0 Å². The van der Waals surface area contributed by atoms with Crippen molar-refractivity contribution < 1.29 is 14.4 Å². The Labute approximate surface area is 120 Å². The Hall–Kier alpha value is -1.39. The molecule has 4 amide bonds. The van der Waals surface area contributed by atoms with Crippen molar-refractivity contribution >= 4 is 17.8 Å². The van der Waals surface area contributed by atoms with E-state index in [1.807, 2.05) is 20.8 Å². The molecule has 2 rings (SSSR count). The van der Waals surface area contributed by atoms with Gasteiger partial charge in [-0.3, -0.25) is 19.8 Å². The van der Waals surface area contributed by atoms with E-state index in [1.165, 1.54) is 4.90 Å². The summed E-state index contributed by atoms with van der Waals surface area (Å²) >= 11 is 0. The number of carbonyl (C=O) groups is 3. The van der Waals surface area contributed by atoms with Crippen molar-refractivity contribution in [2.75, 3.05) is 0 Å². The number of barbiturate groups is 1. The molecule has 0 aromatic carbocycles. The normalized spacial score (nSPS) is 23.1. The topological polar surface area (TPSA) is 66.5 Å². The molecule has 1 N–H and O–H groups in total. The lowest BCUT2D eigenvalue weighted by atomic mass is 9.70. The molecule has 1 heterocycles. The maximum Gasteiger partial charge on any atom is 0.331 e. The highest BCUT2D eigenvalue weighted by Gasteiger charge is 2.56. The quantitative estimate of drug-likeness (QED) is 0.808. The van der Waals surface area contributed by atoms with Gasteiger partial charge in [0.05, 0.1) is 0 Å². The summed E-state index contributed by atoms with van der Waals surface area (Å²) in [4.78, 5) is 38.7. The van der Waals surface area contributed by atoms with Gasteiger partial charge < -0.3 is 0 Å². The third-order valence-electron chi connectivity index (χ3n) is 5.24. The van der Waals surface area contributed by atoms with Gasteiger partial charge in [-0.25, -0.2) is 4.79 Å². The van der Waals surface area contributed by atoms with E-state index in [9.17, 15) is 14.4 Å². The van der Waals surface area contributed by atoms with Gasteiger partial charge in [0.15, 0.2) is 0 Å². The Bertz CT molecular complexity index is 434. The van der Waals surface area contributed by atoms with Crippen LogP contribution in [0, 0.1) is 5.41 Å². The number of carbonyl (C=O) groups excluding carboxylic acids is 3. The van der Waals surface area contributed by atoms with E-state index < -0.39 is 22.9 Å². The first kappa shape index (κ1) is 15.0. The second-order valence-electron chi connectivity index (χ2n) is 6.25. The molecule has 1 aliphatic carbocycles. The second-order valence-corrected chi connectivity index (χ2v) is 6.25. The summed E-state index contributed by atoms with van der Waals surface area (Å²) in [6.07, 6.45) is 5.29. The number of hydrogen-bond acceptors (Lipinski definition) is 3. The average molecular weight is 280 g/mol. The van der Waals surface area contributed by atoms with Crippen LogP contribution in [-0.2, 0) is 9.59 Å². The van der Waals surface area contributed by atoms with Crippen LogP contribution in [0.15, 0.2) is 0 Å². The average Bonchev–Trinajstić information content (AvgIpc) is 2.46. The fraction of sp³-hybridized carbons (Fsp3) is 0.800. The van der Waals surface area contributed by atoms with Crippen molar-refractivity contribution in [2.24, 2.45) is 5.41 Å². The minimum atomic E-state index is -1.00. The molecule has 0 unspecified atom stereocenters. The van der Waals surface area contributed by atoms with Crippen LogP contribution in [0.5, 0.6) is 0 Å². The standard InChI is InChI=1S/C15H24N2O3/c1-4-14(3,5-2)17-12(19)15(9-7-6-8-10-15)11(18)16-13(17)20/h4-10H2,1-3H3,(H,16,18,20). The summed E-state index contributed by atoms with van der Waals surface area (Å²) in [5.41, 5.74) is -1.52. The number of nitrogens with one attached hydrogen (secondary N) is 1. The lowest BCUT2D eigenvalue weighted by Gasteiger charge is -2.48. The minimum absolute atomic E-state index is 0.280. The first-order valence-corrected chi connectivity index (χ1v) is 7.61. The first-order valence-electron chi connectivity index (χ1n) is 7.61. The highest BCUT2D eigenvalue weighted by atomic mass is 16.2. The largest absolute Gasteiger partial charge is 0.331 e. The van der Waals surface area contributed by atoms with Gasteiger partial charge >= 0.3 is 6.03 Å². The maximum atomic E-state index is 12.9. The van der Waals surface area contributed by atoms with Crippen LogP contribution in [0.2, 0.25) is 0 Å². The lowest BCUT2D eigenvalue weighted by molar-refractivity contribution is -0.158. The minimum Gasteiger partial charge on any atom is -0.277 e. The zero-order chi connectivity index (χ0) is 15.0. The van der Waals surface area contributed by atoms with E-state index in [-0.39, 0.29) is 5.91 Å². The van der Waals surface area contributed by atoms with Crippen LogP contribution in [-0.4, -0.2) is 28.3 Å². The van der Waals surface area contributed by atoms with Gasteiger partial charge in [0.25, 0.3) is 0 Å². The Morgan fingerprint density at radius 2 is 1.65 bits per heavy atom. The van der Waals surface area contributed by atoms with E-state index >= 15 is 0 Å². The van der Waals surface area contributed by atoms with Crippen LogP contribution in [0.3, 0.4) is 0 Å². The predicted molar refractivity (Wildman–Crippen MR) is 74.9 cm³/mol. The summed E-state index contributed by atoms with van der Waals surface area (Å²) in [5, 5.41) is 2.42. The summed E-state index contributed by atoms with van der Waals surface area (Å²) in [5.74, 6) is -0.671. The Morgan fingerprint density at radius 1 is 1.10 bits per heavy atom. The molecule has 0 aromatic rings. The van der Waals surface area contributed by atoms with Gasteiger partial charge in [-0.1, -0.05) is 33.1 Å². The van der Waals surface area contributed by atoms with Gasteiger partial charge in [0.1, 0.15) is 5.41 Å². The number of amides is 4. The second kappa shape index (κ2) is 5.19. The third-order valence-corrected chi connectivity index (χ3v) is 5.24. The Morgan fingerprint density at radius 3 is 2.15 bits per heavy atom. The van der Waals surface area contributed by atoms with E-state index in [0.29, 0.717) is 25.7 Å². The monoisotopic (exact) mass is 280 g/mol. The smallest absolute Gasteiger partial charge is 0.277 e. The predicted octanol–water partition coefficient (Wildman–Crippen LogP) is 2.59. The van der Waals surface area contributed by atoms with E-state index in [1.54, 1.807) is 0 Å². The van der Waals surface area contributed by atoms with Crippen LogP contribution >= 0.6 is 0 Å². The molecule has 112 valence electrons. The zero-order valence-electron chi connectivity index (χ0n) is 12.6. The van der Waals surface area contributed by atoms with E-state index in [2.05, 4.69) is 5.32 Å². The molecule has 2 aliphatic rings. The molecular weight excluding hydrogens is 256 g/mol. The van der Waals surface area contributed by atoms with Crippen molar-refractivity contribution in [1.29, 1.82) is 0 Å². The SMILES string of the molecule is CCC(C)(CC)N1C(=O)NC(=O)C2(CCCCC2)C1=O. The van der Waals surface area contributed by atoms with Crippen LogP contribution < -0.4 is 5.32 Å². The molecule has 2 fully saturated rings. The summed E-state index contributed by atoms with van der Waals surface area (Å²) in [6, 6.07) is -0.553. The van der Waals surface area contributed by atoms with Crippen molar-refractivity contribution in [1.82, 2.24) is 10.2 Å². The number of hydrogen-bond donors (Lipinski definition) is 1. The highest BCUT2D eigenvalue weighted by molar-refractivity contribution is 6.19. The first-order chi connectivity index (χ1) is 9.41. The molecule has 0 aromatic heterocycles. The molecule has 5 nitrogen and oxygen atoms in total. The highest BCUT2D eigenvalue weighted by Crippen LogP contribution is 2.42.